The second-order valence-electron chi connectivity index (χ2n) is 4.66. The van der Waals surface area contributed by atoms with Gasteiger partial charge in [0.15, 0.2) is 0 Å². The summed E-state index contributed by atoms with van der Waals surface area (Å²) in [6, 6.07) is 6.52. The number of hydrogen-bond acceptors (Lipinski definition) is 4. The van der Waals surface area contributed by atoms with E-state index in [0.717, 1.165) is 5.69 Å². The number of para-hydroxylation sites is 1. The molecule has 1 aromatic carbocycles. The van der Waals surface area contributed by atoms with Crippen LogP contribution in [0.15, 0.2) is 42.9 Å². The van der Waals surface area contributed by atoms with Crippen molar-refractivity contribution in [1.29, 1.82) is 0 Å². The molecular weight excluding hydrogens is 276 g/mol. The summed E-state index contributed by atoms with van der Waals surface area (Å²) < 4.78 is 29.4. The number of aromatic nitrogens is 2. The van der Waals surface area contributed by atoms with Crippen molar-refractivity contribution in [3.63, 3.8) is 0 Å². The molecule has 1 aromatic heterocycles. The maximum absolute atomic E-state index is 12.4. The van der Waals surface area contributed by atoms with Crippen LogP contribution in [0.2, 0.25) is 0 Å². The topological polar surface area (TPSA) is 47.0 Å². The van der Waals surface area contributed by atoms with Crippen LogP contribution in [0.4, 0.5) is 8.78 Å². The van der Waals surface area contributed by atoms with Crippen molar-refractivity contribution < 1.29 is 13.5 Å². The summed E-state index contributed by atoms with van der Waals surface area (Å²) >= 11 is 0. The molecule has 21 heavy (non-hydrogen) atoms. The smallest absolute Gasteiger partial charge is 0.387 e. The van der Waals surface area contributed by atoms with Crippen molar-refractivity contribution in [2.75, 3.05) is 0 Å². The zero-order valence-corrected chi connectivity index (χ0v) is 11.8. The molecule has 2 atom stereocenters. The van der Waals surface area contributed by atoms with E-state index in [1.165, 1.54) is 6.07 Å². The number of ether oxygens (including phenoxy) is 1. The van der Waals surface area contributed by atoms with Gasteiger partial charge in [-0.15, -0.1) is 0 Å². The van der Waals surface area contributed by atoms with E-state index in [1.807, 2.05) is 13.8 Å². The van der Waals surface area contributed by atoms with E-state index in [-0.39, 0.29) is 17.8 Å². The first-order valence-electron chi connectivity index (χ1n) is 6.63. The van der Waals surface area contributed by atoms with Crippen LogP contribution < -0.4 is 10.1 Å². The fraction of sp³-hybridized carbons (Fsp3) is 0.333. The van der Waals surface area contributed by atoms with Crippen LogP contribution in [-0.2, 0) is 0 Å². The molecule has 0 spiro atoms. The van der Waals surface area contributed by atoms with Gasteiger partial charge in [0.25, 0.3) is 0 Å². The first-order valence-corrected chi connectivity index (χ1v) is 6.63. The highest BCUT2D eigenvalue weighted by Crippen LogP contribution is 2.27. The quantitative estimate of drug-likeness (QED) is 0.885. The number of alkyl halides is 2. The van der Waals surface area contributed by atoms with Gasteiger partial charge in [-0.25, -0.2) is 0 Å². The van der Waals surface area contributed by atoms with Crippen LogP contribution in [0.3, 0.4) is 0 Å². The third-order valence-electron chi connectivity index (χ3n) is 3.13. The van der Waals surface area contributed by atoms with Crippen molar-refractivity contribution in [2.24, 2.45) is 0 Å². The largest absolute Gasteiger partial charge is 0.434 e. The molecule has 112 valence electrons. The van der Waals surface area contributed by atoms with Gasteiger partial charge < -0.3 is 10.1 Å². The lowest BCUT2D eigenvalue weighted by atomic mass is 10.1. The standard InChI is InChI=1S/C15H17F2N3O/c1-10(20-11(2)13-9-18-7-8-19-13)12-5-3-4-6-14(12)21-15(16)17/h3-11,15,20H,1-2H3. The summed E-state index contributed by atoms with van der Waals surface area (Å²) in [5, 5.41) is 3.30. The fourth-order valence-electron chi connectivity index (χ4n) is 2.13. The second-order valence-corrected chi connectivity index (χ2v) is 4.66. The highest BCUT2D eigenvalue weighted by molar-refractivity contribution is 5.35. The van der Waals surface area contributed by atoms with E-state index in [2.05, 4.69) is 20.0 Å². The minimum Gasteiger partial charge on any atom is -0.434 e. The first-order chi connectivity index (χ1) is 10.1. The van der Waals surface area contributed by atoms with Gasteiger partial charge in [-0.3, -0.25) is 9.97 Å². The van der Waals surface area contributed by atoms with Crippen LogP contribution in [0.25, 0.3) is 0 Å². The van der Waals surface area contributed by atoms with Crippen LogP contribution >= 0.6 is 0 Å². The molecule has 0 saturated carbocycles. The second kappa shape index (κ2) is 7.08. The van der Waals surface area contributed by atoms with Gasteiger partial charge in [0.2, 0.25) is 0 Å². The number of rotatable bonds is 6. The molecule has 0 saturated heterocycles. The fourth-order valence-corrected chi connectivity index (χ4v) is 2.13. The Labute approximate surface area is 122 Å². The number of halogens is 2. The first kappa shape index (κ1) is 15.3. The van der Waals surface area contributed by atoms with Crippen LogP contribution in [0, 0.1) is 0 Å². The molecule has 1 heterocycles. The molecule has 0 aliphatic heterocycles. The zero-order valence-electron chi connectivity index (χ0n) is 11.8. The number of nitrogens with one attached hydrogen (secondary N) is 1. The SMILES string of the molecule is CC(NC(C)c1ccccc1OC(F)F)c1cnccn1. The molecule has 0 radical (unpaired) electrons. The molecule has 2 rings (SSSR count). The minimum atomic E-state index is -2.84. The normalized spacial score (nSPS) is 14.0. The monoisotopic (exact) mass is 293 g/mol. The molecule has 0 fully saturated rings. The lowest BCUT2D eigenvalue weighted by Gasteiger charge is -2.21. The van der Waals surface area contributed by atoms with Gasteiger partial charge in [-0.05, 0) is 19.9 Å². The average Bonchev–Trinajstić information content (AvgIpc) is 2.48. The van der Waals surface area contributed by atoms with E-state index in [0.29, 0.717) is 5.56 Å². The average molecular weight is 293 g/mol. The Morgan fingerprint density at radius 1 is 1.10 bits per heavy atom. The van der Waals surface area contributed by atoms with E-state index in [9.17, 15) is 8.78 Å². The highest BCUT2D eigenvalue weighted by atomic mass is 19.3. The molecule has 0 bridgehead atoms. The Morgan fingerprint density at radius 2 is 1.86 bits per heavy atom. The molecule has 0 aliphatic carbocycles. The zero-order chi connectivity index (χ0) is 15.2. The Morgan fingerprint density at radius 3 is 2.52 bits per heavy atom. The van der Waals surface area contributed by atoms with E-state index in [1.54, 1.807) is 36.8 Å². The minimum absolute atomic E-state index is 0.0618. The maximum Gasteiger partial charge on any atom is 0.387 e. The van der Waals surface area contributed by atoms with Crippen LogP contribution in [-0.4, -0.2) is 16.6 Å². The Hall–Kier alpha value is -2.08. The van der Waals surface area contributed by atoms with Crippen molar-refractivity contribution in [3.8, 4) is 5.75 Å². The van der Waals surface area contributed by atoms with E-state index in [4.69, 9.17) is 0 Å². The number of nitrogens with zero attached hydrogens (tertiary/aromatic N) is 2. The molecular formula is C15H17F2N3O. The van der Waals surface area contributed by atoms with Crippen molar-refractivity contribution in [1.82, 2.24) is 15.3 Å². The summed E-state index contributed by atoms with van der Waals surface area (Å²) in [5.74, 6) is 0.179. The molecule has 0 amide bonds. The maximum atomic E-state index is 12.4. The van der Waals surface area contributed by atoms with E-state index < -0.39 is 6.61 Å². The molecule has 2 aromatic rings. The Bertz CT molecular complexity index is 566. The van der Waals surface area contributed by atoms with Gasteiger partial charge in [0.1, 0.15) is 5.75 Å². The summed E-state index contributed by atoms with van der Waals surface area (Å²) in [7, 11) is 0. The molecule has 2 unspecified atom stereocenters. The molecule has 1 N–H and O–H groups in total. The highest BCUT2D eigenvalue weighted by Gasteiger charge is 2.17. The van der Waals surface area contributed by atoms with Crippen LogP contribution in [0.1, 0.15) is 37.2 Å². The molecule has 0 aliphatic rings. The summed E-state index contributed by atoms with van der Waals surface area (Å²) in [6.07, 6.45) is 4.89. The Kier molecular flexibility index (Phi) is 5.16. The van der Waals surface area contributed by atoms with Gasteiger partial charge >= 0.3 is 6.61 Å². The van der Waals surface area contributed by atoms with Crippen LogP contribution in [0.5, 0.6) is 5.75 Å². The number of benzene rings is 1. The lowest BCUT2D eigenvalue weighted by Crippen LogP contribution is -2.24. The number of hydrogen-bond donors (Lipinski definition) is 1. The third kappa shape index (κ3) is 4.19. The summed E-state index contributed by atoms with van der Waals surface area (Å²) in [4.78, 5) is 8.24. The summed E-state index contributed by atoms with van der Waals surface area (Å²) in [5.41, 5.74) is 1.46. The van der Waals surface area contributed by atoms with Gasteiger partial charge in [0, 0.05) is 36.2 Å². The van der Waals surface area contributed by atoms with Crippen molar-refractivity contribution in [3.05, 3.63) is 54.1 Å². The lowest BCUT2D eigenvalue weighted by molar-refractivity contribution is -0.0506. The summed E-state index contributed by atoms with van der Waals surface area (Å²) in [6.45, 7) is 0.994. The molecule has 4 nitrogen and oxygen atoms in total. The van der Waals surface area contributed by atoms with Crippen molar-refractivity contribution in [2.45, 2.75) is 32.5 Å². The van der Waals surface area contributed by atoms with E-state index >= 15 is 0 Å². The van der Waals surface area contributed by atoms with Gasteiger partial charge in [-0.1, -0.05) is 18.2 Å². The Balaban J connectivity index is 2.11. The van der Waals surface area contributed by atoms with Gasteiger partial charge in [0.05, 0.1) is 5.69 Å². The van der Waals surface area contributed by atoms with Gasteiger partial charge in [-0.2, -0.15) is 8.78 Å². The third-order valence-corrected chi connectivity index (χ3v) is 3.13. The van der Waals surface area contributed by atoms with Crippen molar-refractivity contribution >= 4 is 0 Å². The predicted molar refractivity (Wildman–Crippen MR) is 75.1 cm³/mol. The predicted octanol–water partition coefficient (Wildman–Crippen LogP) is 3.49. The molecule has 6 heteroatoms.